The minimum Gasteiger partial charge on any atom is -0.486 e. The molecule has 1 aromatic heterocycles. The van der Waals surface area contributed by atoms with Gasteiger partial charge in [0.25, 0.3) is 0 Å². The number of hydrogen-bond donors (Lipinski definition) is 0. The Balaban J connectivity index is 1.36. The molecule has 0 saturated carbocycles. The highest BCUT2D eigenvalue weighted by molar-refractivity contribution is 7.96. The number of carbonyl (C=O) groups excluding carboxylic acids is 1. The third kappa shape index (κ3) is 5.05. The molecule has 6 nitrogen and oxygen atoms in total. The van der Waals surface area contributed by atoms with E-state index in [1.54, 1.807) is 24.9 Å². The molecule has 0 bridgehead atoms. The van der Waals surface area contributed by atoms with Crippen molar-refractivity contribution in [3.63, 3.8) is 0 Å². The van der Waals surface area contributed by atoms with E-state index in [1.807, 2.05) is 25.1 Å². The van der Waals surface area contributed by atoms with Gasteiger partial charge in [-0.2, -0.15) is 0 Å². The van der Waals surface area contributed by atoms with Crippen molar-refractivity contribution in [1.29, 1.82) is 0 Å². The van der Waals surface area contributed by atoms with Crippen LogP contribution >= 0.6 is 11.9 Å². The molecule has 0 radical (unpaired) electrons. The van der Waals surface area contributed by atoms with E-state index in [0.717, 1.165) is 50.1 Å². The second kappa shape index (κ2) is 9.59. The summed E-state index contributed by atoms with van der Waals surface area (Å²) in [5.41, 5.74) is 2.98. The summed E-state index contributed by atoms with van der Waals surface area (Å²) in [6.07, 6.45) is 5.74. The van der Waals surface area contributed by atoms with Crippen molar-refractivity contribution >= 4 is 17.7 Å². The van der Waals surface area contributed by atoms with Crippen LogP contribution in [0, 0.1) is 5.92 Å². The van der Waals surface area contributed by atoms with Crippen molar-refractivity contribution in [2.24, 2.45) is 5.92 Å². The molecular weight excluding hydrogens is 412 g/mol. The summed E-state index contributed by atoms with van der Waals surface area (Å²) in [5.74, 6) is 1.47. The summed E-state index contributed by atoms with van der Waals surface area (Å²) in [6, 6.07) is 7.38. The molecular formula is C24H30N2O4S. The fourth-order valence-electron chi connectivity index (χ4n) is 4.30. The van der Waals surface area contributed by atoms with Crippen LogP contribution in [0.25, 0.3) is 0 Å². The number of Topliss-reactive ketones (excluding diaryl/α,β-unsaturated/α-hetero) is 1. The Hall–Kier alpha value is -2.09. The highest BCUT2D eigenvalue weighted by Crippen LogP contribution is 2.32. The summed E-state index contributed by atoms with van der Waals surface area (Å²) in [4.78, 5) is 26.5. The van der Waals surface area contributed by atoms with Gasteiger partial charge in [-0.3, -0.25) is 18.8 Å². The lowest BCUT2D eigenvalue weighted by atomic mass is 9.99. The van der Waals surface area contributed by atoms with E-state index in [-0.39, 0.29) is 17.3 Å². The van der Waals surface area contributed by atoms with Crippen LogP contribution in [-0.2, 0) is 13.1 Å². The highest BCUT2D eigenvalue weighted by Gasteiger charge is 2.27. The Morgan fingerprint density at radius 3 is 2.65 bits per heavy atom. The van der Waals surface area contributed by atoms with Gasteiger partial charge < -0.3 is 9.15 Å². The van der Waals surface area contributed by atoms with E-state index in [4.69, 9.17) is 9.15 Å². The molecule has 1 aromatic carbocycles. The lowest BCUT2D eigenvalue weighted by Crippen LogP contribution is -2.31. The molecule has 0 amide bonds. The maximum absolute atomic E-state index is 12.6. The fraction of sp³-hybridized carbons (Fsp3) is 0.500. The van der Waals surface area contributed by atoms with Crippen LogP contribution in [0.2, 0.25) is 0 Å². The van der Waals surface area contributed by atoms with Crippen molar-refractivity contribution in [2.45, 2.75) is 45.8 Å². The Kier molecular flexibility index (Phi) is 6.84. The summed E-state index contributed by atoms with van der Waals surface area (Å²) >= 11 is 1.79. The normalized spacial score (nSPS) is 18.7. The van der Waals surface area contributed by atoms with Gasteiger partial charge in [0.2, 0.25) is 11.2 Å². The predicted octanol–water partition coefficient (Wildman–Crippen LogP) is 4.29. The van der Waals surface area contributed by atoms with Crippen LogP contribution in [0.1, 0.15) is 60.0 Å². The summed E-state index contributed by atoms with van der Waals surface area (Å²) in [7, 11) is 0. The largest absolute Gasteiger partial charge is 0.486 e. The third-order valence-corrected chi connectivity index (χ3v) is 7.33. The molecule has 31 heavy (non-hydrogen) atoms. The first-order valence-electron chi connectivity index (χ1n) is 10.9. The molecule has 4 rings (SSSR count). The lowest BCUT2D eigenvalue weighted by molar-refractivity contribution is 0.101. The van der Waals surface area contributed by atoms with Gasteiger partial charge in [0.1, 0.15) is 12.0 Å². The number of benzene rings is 1. The molecule has 2 aromatic rings. The first kappa shape index (κ1) is 22.1. The third-order valence-electron chi connectivity index (χ3n) is 6.44. The molecule has 0 spiro atoms. The molecule has 1 saturated heterocycles. The van der Waals surface area contributed by atoms with Gasteiger partial charge in [-0.05, 0) is 56.1 Å². The van der Waals surface area contributed by atoms with E-state index in [0.29, 0.717) is 24.0 Å². The molecule has 2 aliphatic heterocycles. The van der Waals surface area contributed by atoms with Crippen molar-refractivity contribution in [1.82, 2.24) is 9.21 Å². The number of piperidine rings is 1. The molecule has 1 unspecified atom stereocenters. The van der Waals surface area contributed by atoms with Crippen LogP contribution in [0.3, 0.4) is 0 Å². The van der Waals surface area contributed by atoms with Crippen LogP contribution in [0.15, 0.2) is 39.7 Å². The maximum Gasteiger partial charge on any atom is 0.227 e. The number of hydrogen-bond acceptors (Lipinski definition) is 7. The van der Waals surface area contributed by atoms with Crippen molar-refractivity contribution in [3.05, 3.63) is 63.2 Å². The topological polar surface area (TPSA) is 63.0 Å². The molecule has 2 aliphatic rings. The average molecular weight is 443 g/mol. The number of carbonyl (C=O) groups is 1. The van der Waals surface area contributed by atoms with Gasteiger partial charge in [0.05, 0.1) is 12.6 Å². The minimum atomic E-state index is -0.134. The number of ketones is 1. The van der Waals surface area contributed by atoms with E-state index < -0.39 is 0 Å². The maximum atomic E-state index is 12.6. The molecule has 3 heterocycles. The zero-order chi connectivity index (χ0) is 22.0. The summed E-state index contributed by atoms with van der Waals surface area (Å²) in [5, 5.41) is 0. The molecule has 0 N–H and O–H groups in total. The minimum absolute atomic E-state index is 0.0502. The van der Waals surface area contributed by atoms with Crippen LogP contribution in [0.4, 0.5) is 0 Å². The monoisotopic (exact) mass is 442 g/mol. The molecule has 7 heteroatoms. The van der Waals surface area contributed by atoms with Crippen LogP contribution in [0.5, 0.6) is 5.75 Å². The van der Waals surface area contributed by atoms with Crippen molar-refractivity contribution in [3.8, 4) is 5.75 Å². The Morgan fingerprint density at radius 2 is 1.97 bits per heavy atom. The SMILES string of the molecule is CSN1CCC(COc2coc(C(C)N3Cc4ccc(C(C)=O)cc4C3)cc2=O)CC1. The van der Waals surface area contributed by atoms with Gasteiger partial charge in [-0.15, -0.1) is 0 Å². The quantitative estimate of drug-likeness (QED) is 0.468. The predicted molar refractivity (Wildman–Crippen MR) is 122 cm³/mol. The van der Waals surface area contributed by atoms with Gasteiger partial charge in [0, 0.05) is 37.8 Å². The number of nitrogens with zero attached hydrogens (tertiary/aromatic N) is 2. The Morgan fingerprint density at radius 1 is 1.23 bits per heavy atom. The first-order valence-corrected chi connectivity index (χ1v) is 12.0. The zero-order valence-corrected chi connectivity index (χ0v) is 19.2. The Bertz CT molecular complexity index is 997. The van der Waals surface area contributed by atoms with E-state index in [2.05, 4.69) is 15.5 Å². The average Bonchev–Trinajstić information content (AvgIpc) is 3.21. The standard InChI is InChI=1S/C24H30N2O4S/c1-16(25-12-20-5-4-19(17(2)27)10-21(20)13-25)23-11-22(28)24(15-30-23)29-14-18-6-8-26(31-3)9-7-18/h4-5,10-11,15-16,18H,6-9,12-14H2,1-3H3. The second-order valence-electron chi connectivity index (χ2n) is 8.50. The van der Waals surface area contributed by atoms with Crippen molar-refractivity contribution < 1.29 is 13.9 Å². The van der Waals surface area contributed by atoms with E-state index >= 15 is 0 Å². The smallest absolute Gasteiger partial charge is 0.227 e. The van der Waals surface area contributed by atoms with Crippen molar-refractivity contribution in [2.75, 3.05) is 26.0 Å². The summed E-state index contributed by atoms with van der Waals surface area (Å²) < 4.78 is 14.0. The zero-order valence-electron chi connectivity index (χ0n) is 18.4. The van der Waals surface area contributed by atoms with E-state index in [1.165, 1.54) is 11.8 Å². The van der Waals surface area contributed by atoms with Gasteiger partial charge >= 0.3 is 0 Å². The lowest BCUT2D eigenvalue weighted by Gasteiger charge is -2.29. The molecule has 1 fully saturated rings. The second-order valence-corrected chi connectivity index (χ2v) is 9.38. The molecule has 0 aliphatic carbocycles. The van der Waals surface area contributed by atoms with Gasteiger partial charge in [-0.1, -0.05) is 24.1 Å². The van der Waals surface area contributed by atoms with E-state index in [9.17, 15) is 9.59 Å². The molecule has 1 atom stereocenters. The number of rotatable bonds is 7. The van der Waals surface area contributed by atoms with Gasteiger partial charge in [0.15, 0.2) is 5.78 Å². The van der Waals surface area contributed by atoms with Crippen LogP contribution in [-0.4, -0.2) is 40.9 Å². The van der Waals surface area contributed by atoms with Crippen LogP contribution < -0.4 is 10.2 Å². The Labute approximate surface area is 187 Å². The first-order chi connectivity index (χ1) is 14.9. The highest BCUT2D eigenvalue weighted by atomic mass is 32.2. The number of fused-ring (bicyclic) bond motifs is 1. The molecule has 166 valence electrons. The summed E-state index contributed by atoms with van der Waals surface area (Å²) in [6.45, 7) is 7.80. The number of ether oxygens (including phenoxy) is 1. The fourth-order valence-corrected chi connectivity index (χ4v) is 4.87. The van der Waals surface area contributed by atoms with Gasteiger partial charge in [-0.25, -0.2) is 0 Å².